The minimum absolute atomic E-state index is 0.752. The van der Waals surface area contributed by atoms with E-state index in [1.165, 1.54) is 0 Å². The highest BCUT2D eigenvalue weighted by Gasteiger charge is 1.99. The number of hydrogen-bond acceptors (Lipinski definition) is 2. The van der Waals surface area contributed by atoms with E-state index in [1.54, 1.807) is 6.20 Å². The van der Waals surface area contributed by atoms with Gasteiger partial charge in [-0.15, -0.1) is 0 Å². The Labute approximate surface area is 92.3 Å². The van der Waals surface area contributed by atoms with Gasteiger partial charge in [0.15, 0.2) is 0 Å². The number of nitrogens with two attached hydrogens (primary N) is 1. The molecule has 3 heteroatoms. The van der Waals surface area contributed by atoms with Crippen molar-refractivity contribution in [2.24, 2.45) is 0 Å². The van der Waals surface area contributed by atoms with Crippen LogP contribution in [0.3, 0.4) is 0 Å². The summed E-state index contributed by atoms with van der Waals surface area (Å²) in [5, 5.41) is 1.06. The van der Waals surface area contributed by atoms with Gasteiger partial charge in [-0.2, -0.15) is 0 Å². The van der Waals surface area contributed by atoms with Crippen LogP contribution in [-0.4, -0.2) is 4.98 Å². The number of benzene rings is 1. The molecule has 1 aromatic carbocycles. The van der Waals surface area contributed by atoms with Gasteiger partial charge in [0.2, 0.25) is 0 Å². The first-order valence-corrected chi connectivity index (χ1v) is 5.36. The molecule has 0 aliphatic carbocycles. The van der Waals surface area contributed by atoms with Gasteiger partial charge in [-0.05, 0) is 34.1 Å². The SMILES string of the molecule is CC.Nc1cc(Br)c2ncccc2c1. The molecular formula is C11H13BrN2. The number of anilines is 1. The fourth-order valence-corrected chi connectivity index (χ4v) is 1.77. The van der Waals surface area contributed by atoms with Crippen molar-refractivity contribution < 1.29 is 0 Å². The third-order valence-electron chi connectivity index (χ3n) is 1.68. The summed E-state index contributed by atoms with van der Waals surface area (Å²) in [7, 11) is 0. The molecule has 0 aliphatic rings. The number of fused-ring (bicyclic) bond motifs is 1. The lowest BCUT2D eigenvalue weighted by Gasteiger charge is -2.00. The molecule has 14 heavy (non-hydrogen) atoms. The Morgan fingerprint density at radius 3 is 2.71 bits per heavy atom. The smallest absolute Gasteiger partial charge is 0.0845 e. The van der Waals surface area contributed by atoms with Gasteiger partial charge in [0.05, 0.1) is 5.52 Å². The lowest BCUT2D eigenvalue weighted by molar-refractivity contribution is 1.40. The number of hydrogen-bond donors (Lipinski definition) is 1. The number of rotatable bonds is 0. The van der Waals surface area contributed by atoms with Crippen molar-refractivity contribution in [3.63, 3.8) is 0 Å². The topological polar surface area (TPSA) is 38.9 Å². The largest absolute Gasteiger partial charge is 0.399 e. The standard InChI is InChI=1S/C9H7BrN2.C2H6/c10-8-5-7(11)4-6-2-1-3-12-9(6)8;1-2/h1-5H,11H2;1-2H3. The van der Waals surface area contributed by atoms with E-state index in [9.17, 15) is 0 Å². The van der Waals surface area contributed by atoms with E-state index in [-0.39, 0.29) is 0 Å². The molecule has 0 atom stereocenters. The molecular weight excluding hydrogens is 240 g/mol. The Bertz CT molecular complexity index is 427. The van der Waals surface area contributed by atoms with Crippen LogP contribution in [0.2, 0.25) is 0 Å². The van der Waals surface area contributed by atoms with E-state index < -0.39 is 0 Å². The maximum Gasteiger partial charge on any atom is 0.0845 e. The summed E-state index contributed by atoms with van der Waals surface area (Å²) < 4.78 is 0.943. The second-order valence-corrected chi connectivity index (χ2v) is 3.43. The average molecular weight is 253 g/mol. The molecule has 2 nitrogen and oxygen atoms in total. The van der Waals surface area contributed by atoms with Gasteiger partial charge in [0, 0.05) is 21.7 Å². The molecule has 0 aliphatic heterocycles. The first kappa shape index (κ1) is 11.0. The molecule has 0 saturated heterocycles. The van der Waals surface area contributed by atoms with Crippen LogP contribution < -0.4 is 5.73 Å². The summed E-state index contributed by atoms with van der Waals surface area (Å²) in [6.45, 7) is 4.00. The lowest BCUT2D eigenvalue weighted by atomic mass is 10.2. The van der Waals surface area contributed by atoms with Crippen LogP contribution in [0, 0.1) is 0 Å². The van der Waals surface area contributed by atoms with Crippen LogP contribution in [0.15, 0.2) is 34.9 Å². The fraction of sp³-hybridized carbons (Fsp3) is 0.182. The molecule has 74 valence electrons. The second kappa shape index (κ2) is 4.96. The zero-order valence-corrected chi connectivity index (χ0v) is 9.88. The van der Waals surface area contributed by atoms with Crippen LogP contribution in [0.4, 0.5) is 5.69 Å². The van der Waals surface area contributed by atoms with E-state index in [0.717, 1.165) is 21.1 Å². The number of nitrogens with zero attached hydrogens (tertiary/aromatic N) is 1. The van der Waals surface area contributed by atoms with Gasteiger partial charge >= 0.3 is 0 Å². The second-order valence-electron chi connectivity index (χ2n) is 2.58. The highest BCUT2D eigenvalue weighted by Crippen LogP contribution is 2.24. The van der Waals surface area contributed by atoms with E-state index in [4.69, 9.17) is 5.73 Å². The molecule has 0 spiro atoms. The van der Waals surface area contributed by atoms with Gasteiger partial charge < -0.3 is 5.73 Å². The molecule has 2 aromatic rings. The summed E-state index contributed by atoms with van der Waals surface area (Å²) in [4.78, 5) is 4.22. The Morgan fingerprint density at radius 1 is 1.29 bits per heavy atom. The molecule has 0 saturated carbocycles. The number of halogens is 1. The normalized spacial score (nSPS) is 9.36. The van der Waals surface area contributed by atoms with E-state index in [1.807, 2.05) is 38.1 Å². The third kappa shape index (κ3) is 2.23. The van der Waals surface area contributed by atoms with Gasteiger partial charge in [-0.1, -0.05) is 19.9 Å². The fourth-order valence-electron chi connectivity index (χ4n) is 1.17. The van der Waals surface area contributed by atoms with E-state index >= 15 is 0 Å². The first-order valence-electron chi connectivity index (χ1n) is 4.57. The maximum atomic E-state index is 5.67. The zero-order chi connectivity index (χ0) is 10.6. The zero-order valence-electron chi connectivity index (χ0n) is 8.29. The predicted octanol–water partition coefficient (Wildman–Crippen LogP) is 3.61. The highest BCUT2D eigenvalue weighted by molar-refractivity contribution is 9.10. The molecule has 2 N–H and O–H groups in total. The Balaban J connectivity index is 0.000000461. The van der Waals surface area contributed by atoms with Gasteiger partial charge in [0.25, 0.3) is 0 Å². The quantitative estimate of drug-likeness (QED) is 0.728. The molecule has 0 amide bonds. The van der Waals surface area contributed by atoms with Crippen LogP contribution in [-0.2, 0) is 0 Å². The minimum atomic E-state index is 0.752. The lowest BCUT2D eigenvalue weighted by Crippen LogP contribution is -1.86. The van der Waals surface area contributed by atoms with Crippen molar-refractivity contribution >= 4 is 32.5 Å². The first-order chi connectivity index (χ1) is 6.77. The number of nitrogen functional groups attached to an aromatic ring is 1. The van der Waals surface area contributed by atoms with Crippen molar-refractivity contribution in [1.29, 1.82) is 0 Å². The monoisotopic (exact) mass is 252 g/mol. The van der Waals surface area contributed by atoms with Crippen molar-refractivity contribution in [3.8, 4) is 0 Å². The number of aromatic nitrogens is 1. The Hall–Kier alpha value is -1.09. The minimum Gasteiger partial charge on any atom is -0.399 e. The molecule has 0 unspecified atom stereocenters. The van der Waals surface area contributed by atoms with Crippen molar-refractivity contribution in [2.75, 3.05) is 5.73 Å². The third-order valence-corrected chi connectivity index (χ3v) is 2.29. The van der Waals surface area contributed by atoms with E-state index in [2.05, 4.69) is 20.9 Å². The van der Waals surface area contributed by atoms with Crippen LogP contribution in [0.5, 0.6) is 0 Å². The van der Waals surface area contributed by atoms with E-state index in [0.29, 0.717) is 0 Å². The summed E-state index contributed by atoms with van der Waals surface area (Å²) in [5.74, 6) is 0. The Kier molecular flexibility index (Phi) is 3.89. The van der Waals surface area contributed by atoms with Crippen molar-refractivity contribution in [1.82, 2.24) is 4.98 Å². The molecule has 1 aromatic heterocycles. The molecule has 0 radical (unpaired) electrons. The molecule has 0 fully saturated rings. The highest BCUT2D eigenvalue weighted by atomic mass is 79.9. The van der Waals surface area contributed by atoms with Crippen LogP contribution >= 0.6 is 15.9 Å². The predicted molar refractivity (Wildman–Crippen MR) is 65.2 cm³/mol. The van der Waals surface area contributed by atoms with Crippen molar-refractivity contribution in [2.45, 2.75) is 13.8 Å². The van der Waals surface area contributed by atoms with Gasteiger partial charge in [-0.25, -0.2) is 0 Å². The van der Waals surface area contributed by atoms with Crippen molar-refractivity contribution in [3.05, 3.63) is 34.9 Å². The molecule has 0 bridgehead atoms. The van der Waals surface area contributed by atoms with Crippen LogP contribution in [0.1, 0.15) is 13.8 Å². The Morgan fingerprint density at radius 2 is 2.00 bits per heavy atom. The summed E-state index contributed by atoms with van der Waals surface area (Å²) in [5.41, 5.74) is 7.37. The number of pyridine rings is 1. The average Bonchev–Trinajstić information content (AvgIpc) is 2.20. The maximum absolute atomic E-state index is 5.67. The summed E-state index contributed by atoms with van der Waals surface area (Å²) in [6, 6.07) is 7.65. The molecule has 2 rings (SSSR count). The van der Waals surface area contributed by atoms with Gasteiger partial charge in [-0.3, -0.25) is 4.98 Å². The van der Waals surface area contributed by atoms with Gasteiger partial charge in [0.1, 0.15) is 0 Å². The summed E-state index contributed by atoms with van der Waals surface area (Å²) in [6.07, 6.45) is 1.77. The van der Waals surface area contributed by atoms with Crippen LogP contribution in [0.25, 0.3) is 10.9 Å². The molecule has 1 heterocycles. The summed E-state index contributed by atoms with van der Waals surface area (Å²) >= 11 is 3.41.